The molecule has 0 atom stereocenters. The lowest BCUT2D eigenvalue weighted by Crippen LogP contribution is -2.39. The van der Waals surface area contributed by atoms with Crippen LogP contribution in [0.5, 0.6) is 17.2 Å². The fourth-order valence-corrected chi connectivity index (χ4v) is 2.86. The molecule has 3 rings (SSSR count). The quantitative estimate of drug-likeness (QED) is 0.458. The molecule has 0 amide bonds. The van der Waals surface area contributed by atoms with Gasteiger partial charge >= 0.3 is 0 Å². The van der Waals surface area contributed by atoms with Gasteiger partial charge in [-0.05, 0) is 41.4 Å². The number of guanidine groups is 1. The second-order valence-corrected chi connectivity index (χ2v) is 5.90. The van der Waals surface area contributed by atoms with Gasteiger partial charge in [0.1, 0.15) is 12.4 Å². The molecule has 0 bridgehead atoms. The van der Waals surface area contributed by atoms with Crippen molar-refractivity contribution in [1.29, 1.82) is 0 Å². The Hall–Kier alpha value is -2.41. The highest BCUT2D eigenvalue weighted by molar-refractivity contribution is 7.07. The van der Waals surface area contributed by atoms with Gasteiger partial charge in [0, 0.05) is 12.6 Å². The predicted octanol–water partition coefficient (Wildman–Crippen LogP) is 2.61. The summed E-state index contributed by atoms with van der Waals surface area (Å²) < 4.78 is 16.3. The van der Waals surface area contributed by atoms with Gasteiger partial charge in [0.05, 0.1) is 13.1 Å². The Bertz CT molecular complexity index is 674. The van der Waals surface area contributed by atoms with Crippen molar-refractivity contribution in [3.8, 4) is 17.2 Å². The summed E-state index contributed by atoms with van der Waals surface area (Å²) in [5, 5.41) is 10.7. The number of nitrogens with one attached hydrogen (secondary N) is 2. The van der Waals surface area contributed by atoms with Crippen molar-refractivity contribution in [2.45, 2.75) is 13.5 Å². The first-order valence-electron chi connectivity index (χ1n) is 7.91. The molecule has 0 saturated heterocycles. The van der Waals surface area contributed by atoms with Crippen LogP contribution in [0.1, 0.15) is 12.5 Å². The van der Waals surface area contributed by atoms with Crippen LogP contribution >= 0.6 is 11.3 Å². The van der Waals surface area contributed by atoms with Crippen LogP contribution < -0.4 is 24.8 Å². The number of fused-ring (bicyclic) bond motifs is 1. The van der Waals surface area contributed by atoms with Crippen LogP contribution in [-0.4, -0.2) is 32.4 Å². The summed E-state index contributed by atoms with van der Waals surface area (Å²) >= 11 is 1.68. The number of rotatable bonds is 7. The molecule has 1 aliphatic heterocycles. The van der Waals surface area contributed by atoms with Gasteiger partial charge in [-0.25, -0.2) is 4.99 Å². The molecule has 0 saturated carbocycles. The Morgan fingerprint density at radius 3 is 3.00 bits per heavy atom. The third-order valence-electron chi connectivity index (χ3n) is 3.35. The van der Waals surface area contributed by atoms with Crippen LogP contribution in [0.15, 0.2) is 40.0 Å². The van der Waals surface area contributed by atoms with Crippen molar-refractivity contribution >= 4 is 17.3 Å². The molecule has 0 unspecified atom stereocenters. The van der Waals surface area contributed by atoms with Gasteiger partial charge < -0.3 is 24.8 Å². The monoisotopic (exact) mass is 347 g/mol. The van der Waals surface area contributed by atoms with E-state index in [1.807, 2.05) is 25.1 Å². The van der Waals surface area contributed by atoms with Gasteiger partial charge in [-0.2, -0.15) is 11.3 Å². The summed E-state index contributed by atoms with van der Waals surface area (Å²) in [6, 6.07) is 7.67. The molecular weight excluding hydrogens is 326 g/mol. The first-order valence-corrected chi connectivity index (χ1v) is 8.85. The van der Waals surface area contributed by atoms with E-state index in [0.717, 1.165) is 29.8 Å². The van der Waals surface area contributed by atoms with E-state index in [2.05, 4.69) is 32.5 Å². The minimum atomic E-state index is 0.271. The fraction of sp³-hybridized carbons (Fsp3) is 0.353. The molecule has 0 radical (unpaired) electrons. The van der Waals surface area contributed by atoms with Gasteiger partial charge in [0.2, 0.25) is 6.79 Å². The molecule has 0 aliphatic carbocycles. The van der Waals surface area contributed by atoms with E-state index in [4.69, 9.17) is 14.2 Å². The zero-order chi connectivity index (χ0) is 16.6. The Labute approximate surface area is 145 Å². The molecule has 2 aromatic rings. The molecule has 0 fully saturated rings. The first kappa shape index (κ1) is 16.4. The largest absolute Gasteiger partial charge is 0.492 e. The maximum Gasteiger partial charge on any atom is 0.231 e. The summed E-state index contributed by atoms with van der Waals surface area (Å²) in [6.07, 6.45) is 0. The van der Waals surface area contributed by atoms with E-state index in [-0.39, 0.29) is 6.79 Å². The molecule has 0 spiro atoms. The lowest BCUT2D eigenvalue weighted by Gasteiger charge is -2.12. The molecule has 24 heavy (non-hydrogen) atoms. The highest BCUT2D eigenvalue weighted by Gasteiger charge is 2.13. The third-order valence-corrected chi connectivity index (χ3v) is 4.08. The number of aliphatic imine (C=N–C) groups is 1. The first-order chi connectivity index (χ1) is 11.8. The minimum absolute atomic E-state index is 0.271. The van der Waals surface area contributed by atoms with Gasteiger partial charge in [0.15, 0.2) is 17.5 Å². The predicted molar refractivity (Wildman–Crippen MR) is 95.2 cm³/mol. The van der Waals surface area contributed by atoms with Gasteiger partial charge in [0.25, 0.3) is 0 Å². The van der Waals surface area contributed by atoms with Crippen molar-refractivity contribution in [1.82, 2.24) is 10.6 Å². The lowest BCUT2D eigenvalue weighted by atomic mass is 10.3. The Balaban J connectivity index is 1.44. The molecule has 2 N–H and O–H groups in total. The van der Waals surface area contributed by atoms with E-state index in [9.17, 15) is 0 Å². The van der Waals surface area contributed by atoms with Crippen LogP contribution in [0, 0.1) is 0 Å². The summed E-state index contributed by atoms with van der Waals surface area (Å²) in [5.74, 6) is 3.04. The van der Waals surface area contributed by atoms with Crippen LogP contribution in [0.25, 0.3) is 0 Å². The summed E-state index contributed by atoms with van der Waals surface area (Å²) in [7, 11) is 0. The van der Waals surface area contributed by atoms with Crippen molar-refractivity contribution in [2.24, 2.45) is 4.99 Å². The second kappa shape index (κ2) is 8.44. The Morgan fingerprint density at radius 1 is 1.25 bits per heavy atom. The number of hydrogen-bond acceptors (Lipinski definition) is 5. The van der Waals surface area contributed by atoms with Crippen LogP contribution in [0.4, 0.5) is 0 Å². The van der Waals surface area contributed by atoms with E-state index >= 15 is 0 Å². The zero-order valence-corrected chi connectivity index (χ0v) is 14.4. The maximum atomic E-state index is 5.73. The third kappa shape index (κ3) is 4.55. The average molecular weight is 347 g/mol. The summed E-state index contributed by atoms with van der Waals surface area (Å²) in [6.45, 7) is 4.99. The number of hydrogen-bond donors (Lipinski definition) is 2. The van der Waals surface area contributed by atoms with E-state index < -0.39 is 0 Å². The molecule has 1 aromatic carbocycles. The van der Waals surface area contributed by atoms with Crippen LogP contribution in [0.3, 0.4) is 0 Å². The number of ether oxygens (including phenoxy) is 3. The maximum absolute atomic E-state index is 5.73. The Morgan fingerprint density at radius 2 is 2.17 bits per heavy atom. The second-order valence-electron chi connectivity index (χ2n) is 5.12. The molecule has 7 heteroatoms. The molecule has 2 heterocycles. The highest BCUT2D eigenvalue weighted by Crippen LogP contribution is 2.34. The molecular formula is C17H21N3O3S. The number of benzene rings is 1. The van der Waals surface area contributed by atoms with Gasteiger partial charge in [-0.15, -0.1) is 0 Å². The SMILES string of the molecule is CCNC(=NCc1ccsc1)NCCOc1ccc2c(c1)OCO2. The minimum Gasteiger partial charge on any atom is -0.492 e. The van der Waals surface area contributed by atoms with E-state index in [1.165, 1.54) is 5.56 Å². The summed E-state index contributed by atoms with van der Waals surface area (Å²) in [4.78, 5) is 4.56. The Kier molecular flexibility index (Phi) is 5.79. The normalized spacial score (nSPS) is 13.0. The molecule has 6 nitrogen and oxygen atoms in total. The van der Waals surface area contributed by atoms with Crippen molar-refractivity contribution in [3.05, 3.63) is 40.6 Å². The zero-order valence-electron chi connectivity index (χ0n) is 13.6. The van der Waals surface area contributed by atoms with Crippen LogP contribution in [0.2, 0.25) is 0 Å². The van der Waals surface area contributed by atoms with Gasteiger partial charge in [-0.3, -0.25) is 0 Å². The van der Waals surface area contributed by atoms with Crippen molar-refractivity contribution in [3.63, 3.8) is 0 Å². The van der Waals surface area contributed by atoms with E-state index in [0.29, 0.717) is 19.7 Å². The number of thiophene rings is 1. The molecule has 1 aromatic heterocycles. The summed E-state index contributed by atoms with van der Waals surface area (Å²) in [5.41, 5.74) is 1.22. The highest BCUT2D eigenvalue weighted by atomic mass is 32.1. The lowest BCUT2D eigenvalue weighted by molar-refractivity contribution is 0.173. The van der Waals surface area contributed by atoms with Crippen molar-refractivity contribution < 1.29 is 14.2 Å². The molecule has 128 valence electrons. The fourth-order valence-electron chi connectivity index (χ4n) is 2.20. The number of nitrogens with zero attached hydrogens (tertiary/aromatic N) is 1. The van der Waals surface area contributed by atoms with Crippen LogP contribution in [-0.2, 0) is 6.54 Å². The van der Waals surface area contributed by atoms with Crippen molar-refractivity contribution in [2.75, 3.05) is 26.5 Å². The van der Waals surface area contributed by atoms with Gasteiger partial charge in [-0.1, -0.05) is 0 Å². The average Bonchev–Trinajstić information content (AvgIpc) is 3.27. The topological polar surface area (TPSA) is 64.1 Å². The smallest absolute Gasteiger partial charge is 0.231 e. The standard InChI is InChI=1S/C17H21N3O3S/c1-2-18-17(20-10-13-5-8-24-11-13)19-6-7-21-14-3-4-15-16(9-14)23-12-22-15/h3-5,8-9,11H,2,6-7,10,12H2,1H3,(H2,18,19,20). The molecule has 1 aliphatic rings. The van der Waals surface area contributed by atoms with E-state index in [1.54, 1.807) is 11.3 Å².